The maximum atomic E-state index is 12.9. The summed E-state index contributed by atoms with van der Waals surface area (Å²) >= 11 is 0. The Balaban J connectivity index is 1.70. The lowest BCUT2D eigenvalue weighted by atomic mass is 9.94. The van der Waals surface area contributed by atoms with Crippen LogP contribution in [0.15, 0.2) is 24.3 Å². The van der Waals surface area contributed by atoms with E-state index in [2.05, 4.69) is 5.32 Å². The molecule has 2 aliphatic heterocycles. The molecule has 0 aromatic heterocycles. The van der Waals surface area contributed by atoms with Gasteiger partial charge in [0.25, 0.3) is 5.91 Å². The van der Waals surface area contributed by atoms with Gasteiger partial charge in [-0.25, -0.2) is 4.79 Å². The van der Waals surface area contributed by atoms with Gasteiger partial charge in [-0.2, -0.15) is 0 Å². The van der Waals surface area contributed by atoms with Crippen molar-refractivity contribution in [1.82, 2.24) is 15.1 Å². The SMILES string of the molecule is CN(C)C[C@]1(O)CCCN(C(=O)c2cccc(N3CCNC3=O)c2)CC1. The van der Waals surface area contributed by atoms with Gasteiger partial charge >= 0.3 is 6.03 Å². The highest BCUT2D eigenvalue weighted by Gasteiger charge is 2.32. The van der Waals surface area contributed by atoms with Crippen LogP contribution in [0, 0.1) is 0 Å². The average molecular weight is 360 g/mol. The Bertz CT molecular complexity index is 679. The van der Waals surface area contributed by atoms with Crippen molar-refractivity contribution in [1.29, 1.82) is 0 Å². The highest BCUT2D eigenvalue weighted by molar-refractivity contribution is 5.98. The molecule has 2 heterocycles. The van der Waals surface area contributed by atoms with Crippen molar-refractivity contribution in [2.24, 2.45) is 0 Å². The van der Waals surface area contributed by atoms with E-state index >= 15 is 0 Å². The number of rotatable bonds is 4. The van der Waals surface area contributed by atoms with E-state index in [9.17, 15) is 14.7 Å². The Morgan fingerprint density at radius 2 is 2.08 bits per heavy atom. The molecule has 26 heavy (non-hydrogen) atoms. The fraction of sp³-hybridized carbons (Fsp3) is 0.579. The molecule has 0 radical (unpaired) electrons. The van der Waals surface area contributed by atoms with Crippen molar-refractivity contribution in [2.45, 2.75) is 24.9 Å². The maximum absolute atomic E-state index is 12.9. The molecule has 3 rings (SSSR count). The quantitative estimate of drug-likeness (QED) is 0.844. The van der Waals surface area contributed by atoms with Gasteiger partial charge in [0.05, 0.1) is 5.60 Å². The summed E-state index contributed by atoms with van der Waals surface area (Å²) < 4.78 is 0. The van der Waals surface area contributed by atoms with Gasteiger partial charge in [0, 0.05) is 44.0 Å². The number of likely N-dealkylation sites (tertiary alicyclic amines) is 1. The van der Waals surface area contributed by atoms with Gasteiger partial charge < -0.3 is 20.2 Å². The molecule has 142 valence electrons. The molecule has 1 atom stereocenters. The van der Waals surface area contributed by atoms with E-state index in [0.29, 0.717) is 51.1 Å². The molecule has 0 bridgehead atoms. The lowest BCUT2D eigenvalue weighted by Crippen LogP contribution is -2.41. The molecule has 7 nitrogen and oxygen atoms in total. The summed E-state index contributed by atoms with van der Waals surface area (Å²) in [6.45, 7) is 3.01. The Morgan fingerprint density at radius 1 is 1.27 bits per heavy atom. The monoisotopic (exact) mass is 360 g/mol. The lowest BCUT2D eigenvalue weighted by molar-refractivity contribution is 0.00305. The van der Waals surface area contributed by atoms with Gasteiger partial charge in [-0.15, -0.1) is 0 Å². The molecule has 2 aliphatic rings. The fourth-order valence-corrected chi connectivity index (χ4v) is 3.84. The standard InChI is InChI=1S/C19H28N4O3/c1-21(2)14-19(26)7-4-10-22(11-8-19)17(24)15-5-3-6-16(13-15)23-12-9-20-18(23)25/h3,5-6,13,26H,4,7-12,14H2,1-2H3,(H,20,25)/t19-/m0/s1. The molecular weight excluding hydrogens is 332 g/mol. The van der Waals surface area contributed by atoms with Crippen LogP contribution in [0.1, 0.15) is 29.6 Å². The third-order valence-corrected chi connectivity index (χ3v) is 5.08. The van der Waals surface area contributed by atoms with Crippen LogP contribution in [0.5, 0.6) is 0 Å². The number of amides is 3. The topological polar surface area (TPSA) is 76.1 Å². The Labute approximate surface area is 154 Å². The average Bonchev–Trinajstić information content (AvgIpc) is 2.93. The zero-order valence-corrected chi connectivity index (χ0v) is 15.6. The van der Waals surface area contributed by atoms with Crippen molar-refractivity contribution in [3.63, 3.8) is 0 Å². The molecule has 1 aromatic rings. The van der Waals surface area contributed by atoms with Crippen LogP contribution in [0.2, 0.25) is 0 Å². The van der Waals surface area contributed by atoms with E-state index in [1.54, 1.807) is 17.0 Å². The van der Waals surface area contributed by atoms with Crippen LogP contribution in [-0.4, -0.2) is 79.3 Å². The number of hydrogen-bond donors (Lipinski definition) is 2. The van der Waals surface area contributed by atoms with Crippen LogP contribution >= 0.6 is 0 Å². The van der Waals surface area contributed by atoms with Crippen molar-refractivity contribution < 1.29 is 14.7 Å². The van der Waals surface area contributed by atoms with E-state index in [-0.39, 0.29) is 11.9 Å². The Hall–Kier alpha value is -2.12. The number of likely N-dealkylation sites (N-methyl/N-ethyl adjacent to an activating group) is 1. The van der Waals surface area contributed by atoms with Gasteiger partial charge in [0.15, 0.2) is 0 Å². The second-order valence-electron chi connectivity index (χ2n) is 7.54. The fourth-order valence-electron chi connectivity index (χ4n) is 3.84. The summed E-state index contributed by atoms with van der Waals surface area (Å²) in [5.41, 5.74) is 0.582. The minimum Gasteiger partial charge on any atom is -0.388 e. The minimum absolute atomic E-state index is 0.0411. The number of urea groups is 1. The summed E-state index contributed by atoms with van der Waals surface area (Å²) in [7, 11) is 3.90. The zero-order chi connectivity index (χ0) is 18.7. The number of carbonyl (C=O) groups is 2. The van der Waals surface area contributed by atoms with Gasteiger partial charge in [-0.1, -0.05) is 6.07 Å². The second kappa shape index (κ2) is 7.63. The van der Waals surface area contributed by atoms with Crippen molar-refractivity contribution in [3.8, 4) is 0 Å². The highest BCUT2D eigenvalue weighted by Crippen LogP contribution is 2.25. The summed E-state index contributed by atoms with van der Waals surface area (Å²) in [5.74, 6) is -0.0411. The van der Waals surface area contributed by atoms with Crippen molar-refractivity contribution in [2.75, 3.05) is 51.7 Å². The molecule has 0 unspecified atom stereocenters. The third-order valence-electron chi connectivity index (χ3n) is 5.08. The number of nitrogens with one attached hydrogen (secondary N) is 1. The van der Waals surface area contributed by atoms with Crippen LogP contribution in [0.3, 0.4) is 0 Å². The maximum Gasteiger partial charge on any atom is 0.321 e. The van der Waals surface area contributed by atoms with Gasteiger partial charge in [-0.3, -0.25) is 9.69 Å². The molecule has 0 saturated carbocycles. The molecule has 2 N–H and O–H groups in total. The molecule has 2 saturated heterocycles. The van der Waals surface area contributed by atoms with E-state index in [4.69, 9.17) is 0 Å². The molecular formula is C19H28N4O3. The van der Waals surface area contributed by atoms with Gasteiger partial charge in [0.1, 0.15) is 0 Å². The van der Waals surface area contributed by atoms with Crippen LogP contribution < -0.4 is 10.2 Å². The summed E-state index contributed by atoms with van der Waals surface area (Å²) in [6, 6.07) is 7.10. The lowest BCUT2D eigenvalue weighted by Gasteiger charge is -2.30. The normalized spacial score (nSPS) is 23.9. The number of nitrogens with zero attached hydrogens (tertiary/aromatic N) is 3. The first-order valence-corrected chi connectivity index (χ1v) is 9.20. The molecule has 2 fully saturated rings. The third kappa shape index (κ3) is 4.16. The number of hydrogen-bond acceptors (Lipinski definition) is 4. The molecule has 1 aromatic carbocycles. The summed E-state index contributed by atoms with van der Waals surface area (Å²) in [6.07, 6.45) is 2.05. The first kappa shape index (κ1) is 18.7. The largest absolute Gasteiger partial charge is 0.388 e. The smallest absolute Gasteiger partial charge is 0.321 e. The highest BCUT2D eigenvalue weighted by atomic mass is 16.3. The van der Waals surface area contributed by atoms with E-state index in [0.717, 1.165) is 12.1 Å². The van der Waals surface area contributed by atoms with Crippen molar-refractivity contribution in [3.05, 3.63) is 29.8 Å². The Kier molecular flexibility index (Phi) is 5.48. The van der Waals surface area contributed by atoms with Crippen molar-refractivity contribution >= 4 is 17.6 Å². The number of carbonyl (C=O) groups excluding carboxylic acids is 2. The van der Waals surface area contributed by atoms with E-state index in [1.807, 2.05) is 36.0 Å². The van der Waals surface area contributed by atoms with E-state index in [1.165, 1.54) is 0 Å². The second-order valence-corrected chi connectivity index (χ2v) is 7.54. The first-order chi connectivity index (χ1) is 12.4. The summed E-state index contributed by atoms with van der Waals surface area (Å²) in [4.78, 5) is 30.3. The molecule has 0 aliphatic carbocycles. The van der Waals surface area contributed by atoms with E-state index < -0.39 is 5.60 Å². The predicted molar refractivity (Wildman–Crippen MR) is 100 cm³/mol. The summed E-state index contributed by atoms with van der Waals surface area (Å²) in [5, 5.41) is 13.6. The molecule has 3 amide bonds. The van der Waals surface area contributed by atoms with Crippen LogP contribution in [0.25, 0.3) is 0 Å². The zero-order valence-electron chi connectivity index (χ0n) is 15.6. The predicted octanol–water partition coefficient (Wildman–Crippen LogP) is 1.13. The number of aliphatic hydroxyl groups is 1. The van der Waals surface area contributed by atoms with Crippen LogP contribution in [-0.2, 0) is 0 Å². The number of benzene rings is 1. The number of anilines is 1. The van der Waals surface area contributed by atoms with Gasteiger partial charge in [0.2, 0.25) is 0 Å². The first-order valence-electron chi connectivity index (χ1n) is 9.20. The van der Waals surface area contributed by atoms with Crippen LogP contribution in [0.4, 0.5) is 10.5 Å². The Morgan fingerprint density at radius 3 is 2.77 bits per heavy atom. The van der Waals surface area contributed by atoms with Gasteiger partial charge in [-0.05, 0) is 51.6 Å². The molecule has 7 heteroatoms. The molecule has 0 spiro atoms. The minimum atomic E-state index is -0.742.